The van der Waals surface area contributed by atoms with E-state index in [1.54, 1.807) is 29.0 Å². The van der Waals surface area contributed by atoms with Crippen LogP contribution in [0.5, 0.6) is 5.75 Å². The van der Waals surface area contributed by atoms with E-state index in [1.807, 2.05) is 54.6 Å². The van der Waals surface area contributed by atoms with Gasteiger partial charge in [0.25, 0.3) is 0 Å². The number of unbranched alkanes of at least 4 members (excludes halogenated alkanes) is 1. The van der Waals surface area contributed by atoms with Crippen LogP contribution in [0.15, 0.2) is 79.0 Å². The maximum absolute atomic E-state index is 13.1. The van der Waals surface area contributed by atoms with E-state index in [-0.39, 0.29) is 37.7 Å². The lowest BCUT2D eigenvalue weighted by Crippen LogP contribution is -2.23. The molecule has 1 atom stereocenters. The van der Waals surface area contributed by atoms with Gasteiger partial charge in [-0.1, -0.05) is 42.5 Å². The number of ether oxygens (including phenoxy) is 3. The van der Waals surface area contributed by atoms with Gasteiger partial charge in [0.1, 0.15) is 18.5 Å². The highest BCUT2D eigenvalue weighted by Crippen LogP contribution is 2.26. The summed E-state index contributed by atoms with van der Waals surface area (Å²) in [6.45, 7) is 0.243. The highest BCUT2D eigenvalue weighted by molar-refractivity contribution is 6.09. The average Bonchev–Trinajstić information content (AvgIpc) is 3.35. The number of ketones is 1. The SMILES string of the molecule is COC(=O)CCCCC(=O)c1cn(CC(O)COc2ccc(-c3ccccc3)cc2)c2ccc(C(=O)OC)cc12. The lowest BCUT2D eigenvalue weighted by molar-refractivity contribution is -0.140. The van der Waals surface area contributed by atoms with Gasteiger partial charge >= 0.3 is 11.9 Å². The molecule has 208 valence electrons. The number of rotatable bonds is 13. The summed E-state index contributed by atoms with van der Waals surface area (Å²) in [5, 5.41) is 11.4. The number of fused-ring (bicyclic) bond motifs is 1. The minimum atomic E-state index is -0.854. The number of Topliss-reactive ketones (excluding diaryl/α,β-unsaturated/α-hetero) is 1. The zero-order chi connectivity index (χ0) is 28.5. The Kier molecular flexibility index (Phi) is 9.70. The van der Waals surface area contributed by atoms with E-state index < -0.39 is 12.1 Å². The van der Waals surface area contributed by atoms with E-state index in [0.717, 1.165) is 11.1 Å². The Labute approximate surface area is 233 Å². The Morgan fingerprint density at radius 1 is 0.850 bits per heavy atom. The summed E-state index contributed by atoms with van der Waals surface area (Å²) in [4.78, 5) is 36.6. The Hall–Kier alpha value is -4.43. The highest BCUT2D eigenvalue weighted by Gasteiger charge is 2.19. The van der Waals surface area contributed by atoms with Crippen LogP contribution in [0.4, 0.5) is 0 Å². The summed E-state index contributed by atoms with van der Waals surface area (Å²) in [5.74, 6) is -0.283. The lowest BCUT2D eigenvalue weighted by atomic mass is 10.0. The van der Waals surface area contributed by atoms with Gasteiger partial charge in [-0.2, -0.15) is 0 Å². The normalized spacial score (nSPS) is 11.7. The first-order valence-corrected chi connectivity index (χ1v) is 13.2. The highest BCUT2D eigenvalue weighted by atomic mass is 16.5. The zero-order valence-corrected chi connectivity index (χ0v) is 22.7. The number of hydrogen-bond acceptors (Lipinski definition) is 7. The minimum Gasteiger partial charge on any atom is -0.491 e. The van der Waals surface area contributed by atoms with Crippen LogP contribution in [0.3, 0.4) is 0 Å². The minimum absolute atomic E-state index is 0.0570. The van der Waals surface area contributed by atoms with Crippen LogP contribution in [0, 0.1) is 0 Å². The van der Waals surface area contributed by atoms with E-state index in [9.17, 15) is 19.5 Å². The Bertz CT molecular complexity index is 1460. The van der Waals surface area contributed by atoms with Crippen LogP contribution < -0.4 is 4.74 Å². The van der Waals surface area contributed by atoms with Crippen molar-refractivity contribution in [1.29, 1.82) is 0 Å². The molecule has 3 aromatic carbocycles. The monoisotopic (exact) mass is 543 g/mol. The maximum atomic E-state index is 13.1. The second kappa shape index (κ2) is 13.6. The van der Waals surface area contributed by atoms with E-state index in [2.05, 4.69) is 4.74 Å². The Morgan fingerprint density at radius 2 is 1.55 bits per heavy atom. The van der Waals surface area contributed by atoms with Crippen molar-refractivity contribution in [2.24, 2.45) is 0 Å². The second-order valence-electron chi connectivity index (χ2n) is 9.48. The molecule has 1 N–H and O–H groups in total. The molecule has 8 nitrogen and oxygen atoms in total. The molecule has 0 aliphatic carbocycles. The van der Waals surface area contributed by atoms with Crippen molar-refractivity contribution in [3.8, 4) is 16.9 Å². The fourth-order valence-electron chi connectivity index (χ4n) is 4.55. The Balaban J connectivity index is 1.45. The van der Waals surface area contributed by atoms with Crippen LogP contribution in [-0.4, -0.2) is 54.3 Å². The number of esters is 2. The quantitative estimate of drug-likeness (QED) is 0.136. The molecule has 0 saturated heterocycles. The summed E-state index contributed by atoms with van der Waals surface area (Å²) >= 11 is 0. The van der Waals surface area contributed by atoms with Crippen molar-refractivity contribution in [3.63, 3.8) is 0 Å². The van der Waals surface area contributed by atoms with Gasteiger partial charge in [0, 0.05) is 35.5 Å². The second-order valence-corrected chi connectivity index (χ2v) is 9.48. The molecule has 40 heavy (non-hydrogen) atoms. The Morgan fingerprint density at radius 3 is 2.25 bits per heavy atom. The van der Waals surface area contributed by atoms with Crippen LogP contribution in [-0.2, 0) is 20.8 Å². The van der Waals surface area contributed by atoms with Crippen LogP contribution in [0.25, 0.3) is 22.0 Å². The third kappa shape index (κ3) is 7.15. The van der Waals surface area contributed by atoms with Gasteiger partial charge in [-0.05, 0) is 54.3 Å². The van der Waals surface area contributed by atoms with Gasteiger partial charge in [-0.25, -0.2) is 4.79 Å². The van der Waals surface area contributed by atoms with E-state index in [0.29, 0.717) is 40.6 Å². The average molecular weight is 544 g/mol. The number of methoxy groups -OCH3 is 2. The van der Waals surface area contributed by atoms with Crippen molar-refractivity contribution < 1.29 is 33.7 Å². The fourth-order valence-corrected chi connectivity index (χ4v) is 4.55. The maximum Gasteiger partial charge on any atom is 0.337 e. The van der Waals surface area contributed by atoms with Gasteiger partial charge in [-0.3, -0.25) is 9.59 Å². The molecule has 4 rings (SSSR count). The first-order valence-electron chi connectivity index (χ1n) is 13.2. The smallest absolute Gasteiger partial charge is 0.337 e. The zero-order valence-electron chi connectivity index (χ0n) is 22.7. The number of aromatic nitrogens is 1. The molecule has 0 radical (unpaired) electrons. The van der Waals surface area contributed by atoms with Gasteiger partial charge in [-0.15, -0.1) is 0 Å². The molecule has 0 spiro atoms. The van der Waals surface area contributed by atoms with Crippen molar-refractivity contribution in [1.82, 2.24) is 4.57 Å². The molecule has 1 aromatic heterocycles. The van der Waals surface area contributed by atoms with Gasteiger partial charge in [0.15, 0.2) is 5.78 Å². The number of aliphatic hydroxyl groups excluding tert-OH is 1. The predicted molar refractivity (Wildman–Crippen MR) is 151 cm³/mol. The molecule has 0 saturated carbocycles. The van der Waals surface area contributed by atoms with Crippen molar-refractivity contribution >= 4 is 28.6 Å². The number of carbonyl (C=O) groups excluding carboxylic acids is 3. The number of carbonyl (C=O) groups is 3. The molecule has 0 amide bonds. The summed E-state index contributed by atoms with van der Waals surface area (Å²) in [6, 6.07) is 22.7. The topological polar surface area (TPSA) is 104 Å². The van der Waals surface area contributed by atoms with Crippen LogP contribution >= 0.6 is 0 Å². The molecule has 0 aliphatic heterocycles. The van der Waals surface area contributed by atoms with Crippen molar-refractivity contribution in [3.05, 3.63) is 90.1 Å². The van der Waals surface area contributed by atoms with E-state index in [4.69, 9.17) is 9.47 Å². The number of aliphatic hydroxyl groups is 1. The molecule has 0 fully saturated rings. The van der Waals surface area contributed by atoms with Crippen molar-refractivity contribution in [2.45, 2.75) is 38.3 Å². The van der Waals surface area contributed by atoms with Crippen LogP contribution in [0.2, 0.25) is 0 Å². The third-order valence-corrected chi connectivity index (χ3v) is 6.68. The summed E-state index contributed by atoms with van der Waals surface area (Å²) in [7, 11) is 2.64. The first kappa shape index (κ1) is 28.6. The third-order valence-electron chi connectivity index (χ3n) is 6.68. The standard InChI is InChI=1S/C32H33NO7/c1-38-31(36)11-7-6-10-30(35)28-20-33(29-17-14-24(18-27(28)29)32(37)39-2)19-25(34)21-40-26-15-12-23(13-16-26)22-8-4-3-5-9-22/h3-5,8-9,12-18,20,25,34H,6-7,10-11,19,21H2,1-2H3. The molecule has 1 heterocycles. The van der Waals surface area contributed by atoms with E-state index in [1.165, 1.54) is 14.2 Å². The molecule has 1 unspecified atom stereocenters. The number of benzene rings is 3. The fraction of sp³-hybridized carbons (Fsp3) is 0.281. The predicted octanol–water partition coefficient (Wildman–Crippen LogP) is 5.45. The molecular formula is C32H33NO7. The van der Waals surface area contributed by atoms with E-state index >= 15 is 0 Å². The lowest BCUT2D eigenvalue weighted by Gasteiger charge is -2.14. The number of hydrogen-bond donors (Lipinski definition) is 1. The molecular weight excluding hydrogens is 510 g/mol. The van der Waals surface area contributed by atoms with Crippen molar-refractivity contribution in [2.75, 3.05) is 20.8 Å². The first-order chi connectivity index (χ1) is 19.4. The summed E-state index contributed by atoms with van der Waals surface area (Å²) in [5.41, 5.74) is 3.66. The molecule has 0 aliphatic rings. The molecule has 4 aromatic rings. The van der Waals surface area contributed by atoms with Gasteiger partial charge in [0.05, 0.1) is 26.3 Å². The van der Waals surface area contributed by atoms with Gasteiger partial charge in [0.2, 0.25) is 0 Å². The summed E-state index contributed by atoms with van der Waals surface area (Å²) < 4.78 is 17.1. The molecule has 8 heteroatoms. The largest absolute Gasteiger partial charge is 0.491 e. The van der Waals surface area contributed by atoms with Crippen LogP contribution in [0.1, 0.15) is 46.4 Å². The summed E-state index contributed by atoms with van der Waals surface area (Å²) in [6.07, 6.45) is 2.39. The van der Waals surface area contributed by atoms with Gasteiger partial charge < -0.3 is 23.9 Å². The molecule has 0 bridgehead atoms. The number of nitrogens with zero attached hydrogens (tertiary/aromatic N) is 1.